The van der Waals surface area contributed by atoms with Crippen molar-refractivity contribution in [2.75, 3.05) is 6.54 Å². The number of benzene rings is 1. The Hall–Kier alpha value is -2.00. The van der Waals surface area contributed by atoms with Crippen molar-refractivity contribution in [3.63, 3.8) is 0 Å². The molecule has 8 nitrogen and oxygen atoms in total. The second-order valence-electron chi connectivity index (χ2n) is 6.06. The summed E-state index contributed by atoms with van der Waals surface area (Å²) in [6.45, 7) is 2.19. The van der Waals surface area contributed by atoms with Gasteiger partial charge in [0.05, 0.1) is 16.9 Å². The van der Waals surface area contributed by atoms with Gasteiger partial charge in [-0.25, -0.2) is 8.42 Å². The number of nitrogens with zero attached hydrogens (tertiary/aromatic N) is 2. The molecule has 24 heavy (non-hydrogen) atoms. The van der Waals surface area contributed by atoms with Gasteiger partial charge in [-0.3, -0.25) is 14.9 Å². The van der Waals surface area contributed by atoms with E-state index < -0.39 is 32.8 Å². The Labute approximate surface area is 139 Å². The van der Waals surface area contributed by atoms with Gasteiger partial charge in [-0.05, 0) is 18.9 Å². The average Bonchev–Trinajstić information content (AvgIpc) is 3.28. The van der Waals surface area contributed by atoms with Crippen LogP contribution in [0.3, 0.4) is 0 Å². The number of sulfonamides is 1. The SMILES string of the molecule is CCC[C@@H]1C[C@@H](C2CN2S(=O)(=O)c2ccccc2[N+](=O)[O-])OC1=O. The second kappa shape index (κ2) is 6.14. The number of nitro groups is 1. The van der Waals surface area contributed by atoms with E-state index in [1.807, 2.05) is 6.92 Å². The molecule has 2 saturated heterocycles. The zero-order chi connectivity index (χ0) is 17.5. The van der Waals surface area contributed by atoms with Gasteiger partial charge < -0.3 is 4.74 Å². The van der Waals surface area contributed by atoms with Crippen LogP contribution >= 0.6 is 0 Å². The Kier molecular flexibility index (Phi) is 4.31. The largest absolute Gasteiger partial charge is 0.460 e. The van der Waals surface area contributed by atoms with Gasteiger partial charge in [0.15, 0.2) is 4.90 Å². The van der Waals surface area contributed by atoms with E-state index in [0.29, 0.717) is 6.42 Å². The minimum absolute atomic E-state index is 0.184. The van der Waals surface area contributed by atoms with Crippen molar-refractivity contribution in [1.29, 1.82) is 0 Å². The Balaban J connectivity index is 1.78. The fraction of sp³-hybridized carbons (Fsp3) is 0.533. The van der Waals surface area contributed by atoms with Crippen molar-refractivity contribution in [2.24, 2.45) is 5.92 Å². The van der Waals surface area contributed by atoms with Crippen LogP contribution in [0, 0.1) is 16.0 Å². The van der Waals surface area contributed by atoms with E-state index in [1.54, 1.807) is 0 Å². The molecule has 0 aromatic heterocycles. The van der Waals surface area contributed by atoms with Crippen molar-refractivity contribution in [3.05, 3.63) is 34.4 Å². The summed E-state index contributed by atoms with van der Waals surface area (Å²) >= 11 is 0. The highest BCUT2D eigenvalue weighted by Crippen LogP contribution is 2.39. The summed E-state index contributed by atoms with van der Waals surface area (Å²) in [5.74, 6) is -0.465. The molecule has 130 valence electrons. The molecule has 1 aromatic rings. The molecule has 0 saturated carbocycles. The minimum Gasteiger partial charge on any atom is -0.460 e. The molecule has 3 rings (SSSR count). The maximum Gasteiger partial charge on any atom is 0.309 e. The number of carbonyl (C=O) groups is 1. The molecule has 2 aliphatic rings. The van der Waals surface area contributed by atoms with Gasteiger partial charge >= 0.3 is 5.97 Å². The lowest BCUT2D eigenvalue weighted by molar-refractivity contribution is -0.387. The van der Waals surface area contributed by atoms with Crippen LogP contribution in [0.1, 0.15) is 26.2 Å². The van der Waals surface area contributed by atoms with Crippen molar-refractivity contribution in [2.45, 2.75) is 43.2 Å². The fourth-order valence-corrected chi connectivity index (χ4v) is 4.91. The molecular weight excluding hydrogens is 336 g/mol. The van der Waals surface area contributed by atoms with Crippen LogP contribution in [0.4, 0.5) is 5.69 Å². The molecule has 0 aliphatic carbocycles. The van der Waals surface area contributed by atoms with Crippen molar-refractivity contribution < 1.29 is 22.9 Å². The van der Waals surface area contributed by atoms with E-state index in [1.165, 1.54) is 22.5 Å². The summed E-state index contributed by atoms with van der Waals surface area (Å²) in [5, 5.41) is 11.1. The zero-order valence-electron chi connectivity index (χ0n) is 13.1. The van der Waals surface area contributed by atoms with Crippen LogP contribution in [-0.4, -0.2) is 42.3 Å². The summed E-state index contributed by atoms with van der Waals surface area (Å²) in [4.78, 5) is 21.8. The number of cyclic esters (lactones) is 1. The smallest absolute Gasteiger partial charge is 0.309 e. The summed E-state index contributed by atoms with van der Waals surface area (Å²) in [6, 6.07) is 4.83. The second-order valence-corrected chi connectivity index (χ2v) is 7.92. The van der Waals surface area contributed by atoms with E-state index in [-0.39, 0.29) is 23.3 Å². The maximum atomic E-state index is 12.7. The lowest BCUT2D eigenvalue weighted by Crippen LogP contribution is -2.23. The highest BCUT2D eigenvalue weighted by Gasteiger charge is 2.54. The molecule has 2 fully saturated rings. The van der Waals surface area contributed by atoms with Crippen LogP contribution in [0.15, 0.2) is 29.2 Å². The Morgan fingerprint density at radius 2 is 2.08 bits per heavy atom. The van der Waals surface area contributed by atoms with Gasteiger partial charge in [0.25, 0.3) is 5.69 Å². The molecule has 0 radical (unpaired) electrons. The van der Waals surface area contributed by atoms with Crippen molar-refractivity contribution in [3.8, 4) is 0 Å². The van der Waals surface area contributed by atoms with Crippen LogP contribution in [-0.2, 0) is 19.6 Å². The molecular formula is C15H18N2O6S. The number of hydrogen-bond acceptors (Lipinski definition) is 6. The Bertz CT molecular complexity index is 778. The highest BCUT2D eigenvalue weighted by atomic mass is 32.2. The Morgan fingerprint density at radius 1 is 1.38 bits per heavy atom. The first-order chi connectivity index (χ1) is 11.4. The van der Waals surface area contributed by atoms with E-state index in [2.05, 4.69) is 0 Å². The standard InChI is InChI=1S/C15H18N2O6S/c1-2-5-10-8-13(23-15(10)18)12-9-16(12)24(21,22)14-7-4-3-6-11(14)17(19)20/h3-4,6-7,10,12-13H,2,5,8-9H2,1H3/t10-,12?,13+,16?/m1/s1. The first-order valence-electron chi connectivity index (χ1n) is 7.82. The van der Waals surface area contributed by atoms with Crippen LogP contribution in [0.2, 0.25) is 0 Å². The van der Waals surface area contributed by atoms with Crippen LogP contribution < -0.4 is 0 Å². The first kappa shape index (κ1) is 16.8. The van der Waals surface area contributed by atoms with E-state index in [4.69, 9.17) is 4.74 Å². The number of rotatable bonds is 6. The highest BCUT2D eigenvalue weighted by molar-refractivity contribution is 7.89. The van der Waals surface area contributed by atoms with E-state index in [9.17, 15) is 23.3 Å². The topological polar surface area (TPSA) is 107 Å². The average molecular weight is 354 g/mol. The maximum absolute atomic E-state index is 12.7. The predicted molar refractivity (Wildman–Crippen MR) is 83.7 cm³/mol. The zero-order valence-corrected chi connectivity index (χ0v) is 13.9. The molecule has 2 unspecified atom stereocenters. The first-order valence-corrected chi connectivity index (χ1v) is 9.26. The molecule has 9 heteroatoms. The minimum atomic E-state index is -3.97. The molecule has 2 aliphatic heterocycles. The summed E-state index contributed by atoms with van der Waals surface area (Å²) in [7, 11) is -3.97. The lowest BCUT2D eigenvalue weighted by atomic mass is 9.99. The van der Waals surface area contributed by atoms with E-state index >= 15 is 0 Å². The summed E-state index contributed by atoms with van der Waals surface area (Å²) in [5.41, 5.74) is -0.449. The van der Waals surface area contributed by atoms with E-state index in [0.717, 1.165) is 18.9 Å². The van der Waals surface area contributed by atoms with Crippen LogP contribution in [0.25, 0.3) is 0 Å². The molecule has 2 heterocycles. The van der Waals surface area contributed by atoms with Gasteiger partial charge in [0.1, 0.15) is 6.10 Å². The van der Waals surface area contributed by atoms with Gasteiger partial charge in [-0.2, -0.15) is 4.31 Å². The number of hydrogen-bond donors (Lipinski definition) is 0. The number of esters is 1. The molecule has 4 atom stereocenters. The van der Waals surface area contributed by atoms with Crippen LogP contribution in [0.5, 0.6) is 0 Å². The Morgan fingerprint density at radius 3 is 2.75 bits per heavy atom. The number of para-hydroxylation sites is 1. The number of carbonyl (C=O) groups excluding carboxylic acids is 1. The van der Waals surface area contributed by atoms with Crippen molar-refractivity contribution in [1.82, 2.24) is 4.31 Å². The molecule has 0 N–H and O–H groups in total. The third-order valence-corrected chi connectivity index (χ3v) is 6.37. The molecule has 0 bridgehead atoms. The monoisotopic (exact) mass is 354 g/mol. The summed E-state index contributed by atoms with van der Waals surface area (Å²) < 4.78 is 31.8. The fourth-order valence-electron chi connectivity index (χ4n) is 3.16. The molecule has 1 aromatic carbocycles. The van der Waals surface area contributed by atoms with Gasteiger partial charge in [-0.1, -0.05) is 25.5 Å². The quantitative estimate of drug-likeness (QED) is 0.333. The summed E-state index contributed by atoms with van der Waals surface area (Å²) in [6.07, 6.45) is 1.61. The third kappa shape index (κ3) is 2.89. The predicted octanol–water partition coefficient (Wildman–Crippen LogP) is 1.70. The lowest BCUT2D eigenvalue weighted by Gasteiger charge is -2.10. The molecule has 0 amide bonds. The number of ether oxygens (including phenoxy) is 1. The van der Waals surface area contributed by atoms with Gasteiger partial charge in [-0.15, -0.1) is 0 Å². The third-order valence-electron chi connectivity index (χ3n) is 4.44. The molecule has 0 spiro atoms. The normalized spacial score (nSPS) is 29.3. The van der Waals surface area contributed by atoms with Crippen molar-refractivity contribution >= 4 is 21.7 Å². The van der Waals surface area contributed by atoms with Gasteiger partial charge in [0.2, 0.25) is 10.0 Å². The van der Waals surface area contributed by atoms with Gasteiger partial charge in [0, 0.05) is 12.6 Å². The number of nitro benzene ring substituents is 1.